The van der Waals surface area contributed by atoms with Crippen LogP contribution in [0.2, 0.25) is 0 Å². The molecule has 1 heterocycles. The lowest BCUT2D eigenvalue weighted by atomic mass is 9.80. The maximum atomic E-state index is 6.12. The largest absolute Gasteiger partial charge is 0.488 e. The summed E-state index contributed by atoms with van der Waals surface area (Å²) in [6.07, 6.45) is 3.98. The summed E-state index contributed by atoms with van der Waals surface area (Å²) in [6.45, 7) is 6.89. The van der Waals surface area contributed by atoms with E-state index in [4.69, 9.17) is 10.5 Å². The smallest absolute Gasteiger partial charge is 0.142 e. The second-order valence-corrected chi connectivity index (χ2v) is 6.70. The molecule has 3 nitrogen and oxygen atoms in total. The van der Waals surface area contributed by atoms with Gasteiger partial charge in [-0.05, 0) is 74.9 Å². The SMILES string of the molecule is Cc1cc(N)c(OC2CC2)cc1C1CCN(C)CC1C. The highest BCUT2D eigenvalue weighted by molar-refractivity contribution is 5.57. The summed E-state index contributed by atoms with van der Waals surface area (Å²) >= 11 is 0. The molecule has 20 heavy (non-hydrogen) atoms. The van der Waals surface area contributed by atoms with Crippen molar-refractivity contribution < 1.29 is 4.74 Å². The van der Waals surface area contributed by atoms with Crippen molar-refractivity contribution in [3.63, 3.8) is 0 Å². The van der Waals surface area contributed by atoms with E-state index < -0.39 is 0 Å². The molecule has 1 aliphatic heterocycles. The number of ether oxygens (including phenoxy) is 1. The van der Waals surface area contributed by atoms with Crippen molar-refractivity contribution in [2.24, 2.45) is 5.92 Å². The molecule has 2 atom stereocenters. The van der Waals surface area contributed by atoms with Crippen LogP contribution in [0, 0.1) is 12.8 Å². The Labute approximate surface area is 122 Å². The Bertz CT molecular complexity index is 496. The van der Waals surface area contributed by atoms with Crippen LogP contribution in [-0.4, -0.2) is 31.1 Å². The van der Waals surface area contributed by atoms with Gasteiger partial charge >= 0.3 is 0 Å². The van der Waals surface area contributed by atoms with Crippen LogP contribution in [0.5, 0.6) is 5.75 Å². The fourth-order valence-corrected chi connectivity index (χ4v) is 3.41. The molecule has 1 aromatic rings. The molecular weight excluding hydrogens is 248 g/mol. The Balaban J connectivity index is 1.87. The van der Waals surface area contributed by atoms with Crippen LogP contribution in [0.15, 0.2) is 12.1 Å². The molecule has 1 aromatic carbocycles. The number of likely N-dealkylation sites (tertiary alicyclic amines) is 1. The third-order valence-electron chi connectivity index (χ3n) is 4.72. The first-order chi connectivity index (χ1) is 9.54. The van der Waals surface area contributed by atoms with Crippen molar-refractivity contribution in [2.75, 3.05) is 25.9 Å². The van der Waals surface area contributed by atoms with Crippen LogP contribution < -0.4 is 10.5 Å². The summed E-state index contributed by atoms with van der Waals surface area (Å²) in [5.41, 5.74) is 9.66. The number of benzene rings is 1. The van der Waals surface area contributed by atoms with Gasteiger partial charge in [-0.1, -0.05) is 6.92 Å². The topological polar surface area (TPSA) is 38.5 Å². The number of anilines is 1. The van der Waals surface area contributed by atoms with Gasteiger partial charge in [0.05, 0.1) is 11.8 Å². The summed E-state index contributed by atoms with van der Waals surface area (Å²) in [6, 6.07) is 4.31. The molecule has 2 unspecified atom stereocenters. The number of piperidine rings is 1. The molecule has 1 saturated carbocycles. The second-order valence-electron chi connectivity index (χ2n) is 6.70. The first-order valence-corrected chi connectivity index (χ1v) is 7.80. The first kappa shape index (κ1) is 13.7. The Morgan fingerprint density at radius 2 is 2.00 bits per heavy atom. The number of nitrogen functional groups attached to an aromatic ring is 1. The van der Waals surface area contributed by atoms with Crippen molar-refractivity contribution in [3.05, 3.63) is 23.3 Å². The molecule has 3 heteroatoms. The van der Waals surface area contributed by atoms with Gasteiger partial charge in [-0.15, -0.1) is 0 Å². The highest BCUT2D eigenvalue weighted by Crippen LogP contribution is 2.39. The van der Waals surface area contributed by atoms with Gasteiger partial charge in [0.25, 0.3) is 0 Å². The van der Waals surface area contributed by atoms with Crippen LogP contribution in [0.4, 0.5) is 5.69 Å². The fourth-order valence-electron chi connectivity index (χ4n) is 3.41. The molecule has 0 bridgehead atoms. The predicted octanol–water partition coefficient (Wildman–Crippen LogP) is 3.17. The van der Waals surface area contributed by atoms with Crippen LogP contribution in [0.1, 0.15) is 43.2 Å². The minimum absolute atomic E-state index is 0.405. The van der Waals surface area contributed by atoms with E-state index in [1.165, 1.54) is 43.5 Å². The summed E-state index contributed by atoms with van der Waals surface area (Å²) in [5.74, 6) is 2.22. The van der Waals surface area contributed by atoms with Crippen LogP contribution >= 0.6 is 0 Å². The predicted molar refractivity (Wildman–Crippen MR) is 83.3 cm³/mol. The van der Waals surface area contributed by atoms with E-state index in [1.807, 2.05) is 0 Å². The molecule has 2 aliphatic rings. The second kappa shape index (κ2) is 5.28. The minimum Gasteiger partial charge on any atom is -0.488 e. The van der Waals surface area contributed by atoms with E-state index in [2.05, 4.69) is 37.9 Å². The van der Waals surface area contributed by atoms with Crippen molar-refractivity contribution in [2.45, 2.75) is 45.1 Å². The lowest BCUT2D eigenvalue weighted by molar-refractivity contribution is 0.195. The van der Waals surface area contributed by atoms with Gasteiger partial charge < -0.3 is 15.4 Å². The van der Waals surface area contributed by atoms with E-state index >= 15 is 0 Å². The normalized spacial score (nSPS) is 27.6. The van der Waals surface area contributed by atoms with Crippen molar-refractivity contribution in [1.29, 1.82) is 0 Å². The van der Waals surface area contributed by atoms with E-state index in [-0.39, 0.29) is 0 Å². The van der Waals surface area contributed by atoms with E-state index in [0.717, 1.165) is 11.4 Å². The molecule has 110 valence electrons. The van der Waals surface area contributed by atoms with Crippen LogP contribution in [0.25, 0.3) is 0 Å². The summed E-state index contributed by atoms with van der Waals surface area (Å²) < 4.78 is 5.96. The number of aryl methyl sites for hydroxylation is 1. The van der Waals surface area contributed by atoms with Gasteiger partial charge in [-0.25, -0.2) is 0 Å². The Hall–Kier alpha value is -1.22. The Kier molecular flexibility index (Phi) is 3.63. The minimum atomic E-state index is 0.405. The molecule has 0 radical (unpaired) electrons. The Morgan fingerprint density at radius 1 is 1.25 bits per heavy atom. The lowest BCUT2D eigenvalue weighted by Gasteiger charge is -2.36. The maximum absolute atomic E-state index is 6.12. The number of rotatable bonds is 3. The zero-order chi connectivity index (χ0) is 14.3. The van der Waals surface area contributed by atoms with Crippen molar-refractivity contribution >= 4 is 5.69 Å². The molecule has 2 fully saturated rings. The van der Waals surface area contributed by atoms with Gasteiger partial charge in [0.2, 0.25) is 0 Å². The molecule has 3 rings (SSSR count). The zero-order valence-corrected chi connectivity index (χ0v) is 12.9. The van der Waals surface area contributed by atoms with E-state index in [0.29, 0.717) is 17.9 Å². The van der Waals surface area contributed by atoms with Crippen molar-refractivity contribution in [1.82, 2.24) is 4.90 Å². The molecule has 1 saturated heterocycles. The molecule has 2 N–H and O–H groups in total. The number of hydrogen-bond donors (Lipinski definition) is 1. The number of nitrogens with zero attached hydrogens (tertiary/aromatic N) is 1. The average molecular weight is 274 g/mol. The average Bonchev–Trinajstić information content (AvgIpc) is 3.17. The third kappa shape index (κ3) is 2.78. The quantitative estimate of drug-likeness (QED) is 0.860. The maximum Gasteiger partial charge on any atom is 0.142 e. The molecule has 0 amide bonds. The molecule has 1 aliphatic carbocycles. The molecule has 0 aromatic heterocycles. The lowest BCUT2D eigenvalue weighted by Crippen LogP contribution is -2.35. The van der Waals surface area contributed by atoms with Crippen LogP contribution in [-0.2, 0) is 0 Å². The highest BCUT2D eigenvalue weighted by atomic mass is 16.5. The highest BCUT2D eigenvalue weighted by Gasteiger charge is 2.29. The summed E-state index contributed by atoms with van der Waals surface area (Å²) in [7, 11) is 2.21. The summed E-state index contributed by atoms with van der Waals surface area (Å²) in [4.78, 5) is 2.43. The van der Waals surface area contributed by atoms with Crippen LogP contribution in [0.3, 0.4) is 0 Å². The molecular formula is C17H26N2O. The Morgan fingerprint density at radius 3 is 2.65 bits per heavy atom. The van der Waals surface area contributed by atoms with Crippen molar-refractivity contribution in [3.8, 4) is 5.75 Å². The zero-order valence-electron chi connectivity index (χ0n) is 12.9. The monoisotopic (exact) mass is 274 g/mol. The molecule has 0 spiro atoms. The van der Waals surface area contributed by atoms with E-state index in [1.54, 1.807) is 0 Å². The van der Waals surface area contributed by atoms with Gasteiger partial charge in [0.1, 0.15) is 5.75 Å². The summed E-state index contributed by atoms with van der Waals surface area (Å²) in [5, 5.41) is 0. The van der Waals surface area contributed by atoms with Gasteiger partial charge in [-0.3, -0.25) is 0 Å². The van der Waals surface area contributed by atoms with E-state index in [9.17, 15) is 0 Å². The first-order valence-electron chi connectivity index (χ1n) is 7.80. The fraction of sp³-hybridized carbons (Fsp3) is 0.647. The van der Waals surface area contributed by atoms with Gasteiger partial charge in [0.15, 0.2) is 0 Å². The third-order valence-corrected chi connectivity index (χ3v) is 4.72. The number of hydrogen-bond acceptors (Lipinski definition) is 3. The number of nitrogens with two attached hydrogens (primary N) is 1. The van der Waals surface area contributed by atoms with Gasteiger partial charge in [-0.2, -0.15) is 0 Å². The van der Waals surface area contributed by atoms with Gasteiger partial charge in [0, 0.05) is 6.54 Å². The standard InChI is InChI=1S/C17H26N2O/c1-11-8-16(18)17(20-13-4-5-13)9-15(11)14-6-7-19(3)10-12(14)2/h8-9,12-14H,4-7,10,18H2,1-3H3.